The Hall–Kier alpha value is -1.22. The molecule has 8 heteroatoms. The number of esters is 2. The largest absolute Gasteiger partial charge is 0.462 e. The van der Waals surface area contributed by atoms with E-state index in [9.17, 15) is 9.59 Å². The number of carbonyl (C=O) groups excluding carboxylic acids is 2. The Kier molecular flexibility index (Phi) is 13.4. The van der Waals surface area contributed by atoms with Gasteiger partial charge in [-0.3, -0.25) is 9.59 Å². The van der Waals surface area contributed by atoms with E-state index in [4.69, 9.17) is 28.4 Å². The van der Waals surface area contributed by atoms with Gasteiger partial charge in [0.1, 0.15) is 13.2 Å². The van der Waals surface area contributed by atoms with Crippen molar-refractivity contribution in [2.24, 2.45) is 5.41 Å². The molecule has 0 rings (SSSR count). The van der Waals surface area contributed by atoms with Crippen LogP contribution in [0.2, 0.25) is 0 Å². The van der Waals surface area contributed by atoms with Crippen molar-refractivity contribution in [3.63, 3.8) is 0 Å². The summed E-state index contributed by atoms with van der Waals surface area (Å²) in [6, 6.07) is 0. The van der Waals surface area contributed by atoms with Crippen LogP contribution in [0.1, 0.15) is 20.3 Å². The van der Waals surface area contributed by atoms with Crippen molar-refractivity contribution in [2.75, 3.05) is 67.1 Å². The van der Waals surface area contributed by atoms with Gasteiger partial charge < -0.3 is 28.4 Å². The van der Waals surface area contributed by atoms with Gasteiger partial charge in [0.05, 0.1) is 39.6 Å². The molecule has 0 saturated carbocycles. The van der Waals surface area contributed by atoms with Crippen LogP contribution in [0.5, 0.6) is 0 Å². The van der Waals surface area contributed by atoms with E-state index in [2.05, 4.69) is 0 Å². The fraction of sp³-hybridized carbons (Fsp3) is 0.875. The third-order valence-electron chi connectivity index (χ3n) is 3.39. The topological polar surface area (TPSA) is 89.5 Å². The molecule has 0 radical (unpaired) electrons. The highest BCUT2D eigenvalue weighted by Crippen LogP contribution is 2.25. The van der Waals surface area contributed by atoms with E-state index in [0.29, 0.717) is 26.4 Å². The first-order valence-electron chi connectivity index (χ1n) is 8.00. The summed E-state index contributed by atoms with van der Waals surface area (Å²) in [6.07, 6.45) is 0.278. The van der Waals surface area contributed by atoms with Gasteiger partial charge >= 0.3 is 11.9 Å². The van der Waals surface area contributed by atoms with E-state index < -0.39 is 17.4 Å². The fourth-order valence-electron chi connectivity index (χ4n) is 1.57. The molecule has 0 aliphatic heterocycles. The predicted octanol–water partition coefficient (Wildman–Crippen LogP) is 0.815. The third kappa shape index (κ3) is 9.17. The maximum Gasteiger partial charge on any atom is 0.323 e. The Morgan fingerprint density at radius 3 is 1.42 bits per heavy atom. The monoisotopic (exact) mass is 350 g/mol. The van der Waals surface area contributed by atoms with Gasteiger partial charge in [0.15, 0.2) is 5.41 Å². The second kappa shape index (κ2) is 14.2. The van der Waals surface area contributed by atoms with Crippen LogP contribution in [-0.4, -0.2) is 79.0 Å². The lowest BCUT2D eigenvalue weighted by molar-refractivity contribution is -0.173. The predicted molar refractivity (Wildman–Crippen MR) is 85.7 cm³/mol. The van der Waals surface area contributed by atoms with Gasteiger partial charge in [-0.05, 0) is 13.3 Å². The molecule has 0 atom stereocenters. The van der Waals surface area contributed by atoms with Crippen molar-refractivity contribution >= 4 is 11.9 Å². The molecule has 142 valence electrons. The molecule has 0 unspecified atom stereocenters. The molecule has 0 aromatic rings. The summed E-state index contributed by atoms with van der Waals surface area (Å²) in [6.45, 7) is 5.67. The third-order valence-corrected chi connectivity index (χ3v) is 3.39. The van der Waals surface area contributed by atoms with E-state index in [1.807, 2.05) is 0 Å². The van der Waals surface area contributed by atoms with Gasteiger partial charge in [0.25, 0.3) is 0 Å². The minimum atomic E-state index is -1.33. The van der Waals surface area contributed by atoms with Crippen LogP contribution in [0.25, 0.3) is 0 Å². The van der Waals surface area contributed by atoms with Crippen LogP contribution in [0.4, 0.5) is 0 Å². The quantitative estimate of drug-likeness (QED) is 0.244. The number of hydrogen-bond donors (Lipinski definition) is 0. The average Bonchev–Trinajstić information content (AvgIpc) is 2.59. The Balaban J connectivity index is 4.09. The first-order chi connectivity index (χ1) is 11.5. The second-order valence-corrected chi connectivity index (χ2v) is 5.17. The number of rotatable bonds is 15. The molecule has 0 spiro atoms. The molecular weight excluding hydrogens is 320 g/mol. The average molecular weight is 350 g/mol. The van der Waals surface area contributed by atoms with Crippen LogP contribution < -0.4 is 0 Å². The SMILES string of the molecule is CCC(C)(C(=O)OCCOCCOC)C(=O)OCCOCCOC. The highest BCUT2D eigenvalue weighted by Gasteiger charge is 2.42. The summed E-state index contributed by atoms with van der Waals surface area (Å²) in [5.41, 5.74) is -1.33. The minimum absolute atomic E-state index is 0.0749. The van der Waals surface area contributed by atoms with Crippen LogP contribution >= 0.6 is 0 Å². The zero-order valence-corrected chi connectivity index (χ0v) is 15.1. The number of ether oxygens (including phenoxy) is 6. The Bertz CT molecular complexity index is 317. The van der Waals surface area contributed by atoms with Crippen LogP contribution in [0.15, 0.2) is 0 Å². The summed E-state index contributed by atoms with van der Waals surface area (Å²) in [7, 11) is 3.15. The molecule has 8 nitrogen and oxygen atoms in total. The normalized spacial score (nSPS) is 11.3. The minimum Gasteiger partial charge on any atom is -0.462 e. The van der Waals surface area contributed by atoms with Crippen LogP contribution in [0.3, 0.4) is 0 Å². The number of carbonyl (C=O) groups is 2. The molecule has 0 amide bonds. The molecule has 0 N–H and O–H groups in total. The van der Waals surface area contributed by atoms with Crippen molar-refractivity contribution < 1.29 is 38.0 Å². The summed E-state index contributed by atoms with van der Waals surface area (Å²) in [5, 5.41) is 0. The number of hydrogen-bond acceptors (Lipinski definition) is 8. The first-order valence-corrected chi connectivity index (χ1v) is 8.00. The molecule has 0 fully saturated rings. The molecule has 0 aromatic heterocycles. The second-order valence-electron chi connectivity index (χ2n) is 5.17. The van der Waals surface area contributed by atoms with Crippen molar-refractivity contribution in [3.05, 3.63) is 0 Å². The molecule has 0 heterocycles. The van der Waals surface area contributed by atoms with Crippen molar-refractivity contribution in [3.8, 4) is 0 Å². The zero-order chi connectivity index (χ0) is 18.3. The smallest absolute Gasteiger partial charge is 0.323 e. The van der Waals surface area contributed by atoms with Gasteiger partial charge in [-0.1, -0.05) is 6.92 Å². The summed E-state index contributed by atoms with van der Waals surface area (Å²) in [4.78, 5) is 24.3. The standard InChI is InChI=1S/C16H30O8/c1-5-16(2,14(17)23-12-10-21-8-6-19-3)15(18)24-13-11-22-9-7-20-4/h5-13H2,1-4H3. The summed E-state index contributed by atoms with van der Waals surface area (Å²) in [5.74, 6) is -1.24. The highest BCUT2D eigenvalue weighted by atomic mass is 16.6. The highest BCUT2D eigenvalue weighted by molar-refractivity contribution is 5.99. The van der Waals surface area contributed by atoms with E-state index in [1.165, 1.54) is 6.92 Å². The summed E-state index contributed by atoms with van der Waals surface area (Å²) < 4.78 is 30.3. The van der Waals surface area contributed by atoms with Gasteiger partial charge in [0.2, 0.25) is 0 Å². The molecule has 0 aliphatic carbocycles. The lowest BCUT2D eigenvalue weighted by Crippen LogP contribution is -2.39. The number of methoxy groups -OCH3 is 2. The van der Waals surface area contributed by atoms with E-state index >= 15 is 0 Å². The van der Waals surface area contributed by atoms with Crippen molar-refractivity contribution in [1.82, 2.24) is 0 Å². The Labute approximate surface area is 143 Å². The Morgan fingerprint density at radius 1 is 0.708 bits per heavy atom. The van der Waals surface area contributed by atoms with Crippen LogP contribution in [-0.2, 0) is 38.0 Å². The van der Waals surface area contributed by atoms with Crippen molar-refractivity contribution in [2.45, 2.75) is 20.3 Å². The van der Waals surface area contributed by atoms with E-state index in [1.54, 1.807) is 21.1 Å². The van der Waals surface area contributed by atoms with Gasteiger partial charge in [-0.15, -0.1) is 0 Å². The molecule has 0 aromatic carbocycles. The maximum atomic E-state index is 12.1. The summed E-state index contributed by atoms with van der Waals surface area (Å²) >= 11 is 0. The molecule has 0 saturated heterocycles. The van der Waals surface area contributed by atoms with E-state index in [-0.39, 0.29) is 32.8 Å². The molecular formula is C16H30O8. The van der Waals surface area contributed by atoms with Gasteiger partial charge in [-0.25, -0.2) is 0 Å². The van der Waals surface area contributed by atoms with Crippen LogP contribution in [0, 0.1) is 5.41 Å². The lowest BCUT2D eigenvalue weighted by atomic mass is 9.88. The Morgan fingerprint density at radius 2 is 1.08 bits per heavy atom. The first kappa shape index (κ1) is 22.8. The molecule has 0 bridgehead atoms. The fourth-order valence-corrected chi connectivity index (χ4v) is 1.57. The van der Waals surface area contributed by atoms with Gasteiger partial charge in [0, 0.05) is 14.2 Å². The molecule has 0 aliphatic rings. The van der Waals surface area contributed by atoms with Gasteiger partial charge in [-0.2, -0.15) is 0 Å². The van der Waals surface area contributed by atoms with Crippen molar-refractivity contribution in [1.29, 1.82) is 0 Å². The lowest BCUT2D eigenvalue weighted by Gasteiger charge is -2.23. The zero-order valence-electron chi connectivity index (χ0n) is 15.1. The van der Waals surface area contributed by atoms with E-state index in [0.717, 1.165) is 0 Å². The maximum absolute atomic E-state index is 12.1. The molecule has 24 heavy (non-hydrogen) atoms.